The highest BCUT2D eigenvalue weighted by Gasteiger charge is 2.22. The maximum absolute atomic E-state index is 6.19. The van der Waals surface area contributed by atoms with E-state index in [1.165, 1.54) is 31.2 Å². The SMILES string of the molecule is CC1CCC(n2nc(Cl)c3ccccc32)CC1. The monoisotopic (exact) mass is 248 g/mol. The smallest absolute Gasteiger partial charge is 0.158 e. The quantitative estimate of drug-likeness (QED) is 0.730. The fraction of sp³-hybridized carbons (Fsp3) is 0.500. The van der Waals surface area contributed by atoms with Crippen molar-refractivity contribution in [2.45, 2.75) is 38.6 Å². The van der Waals surface area contributed by atoms with Crippen molar-refractivity contribution in [1.29, 1.82) is 0 Å². The maximum atomic E-state index is 6.19. The van der Waals surface area contributed by atoms with Crippen molar-refractivity contribution in [3.8, 4) is 0 Å². The first-order chi connectivity index (χ1) is 8.25. The lowest BCUT2D eigenvalue weighted by atomic mass is 9.87. The number of rotatable bonds is 1. The predicted molar refractivity (Wildman–Crippen MR) is 71.4 cm³/mol. The Morgan fingerprint density at radius 3 is 2.65 bits per heavy atom. The number of hydrogen-bond acceptors (Lipinski definition) is 1. The highest BCUT2D eigenvalue weighted by molar-refractivity contribution is 6.34. The van der Waals surface area contributed by atoms with Crippen LogP contribution < -0.4 is 0 Å². The zero-order chi connectivity index (χ0) is 11.8. The molecule has 0 atom stereocenters. The van der Waals surface area contributed by atoms with E-state index >= 15 is 0 Å². The molecule has 0 N–H and O–H groups in total. The third-order valence-electron chi connectivity index (χ3n) is 3.90. The van der Waals surface area contributed by atoms with Crippen LogP contribution in [-0.2, 0) is 0 Å². The molecule has 1 aliphatic carbocycles. The molecule has 1 aromatic heterocycles. The second kappa shape index (κ2) is 4.34. The second-order valence-electron chi connectivity index (χ2n) is 5.17. The van der Waals surface area contributed by atoms with Gasteiger partial charge in [-0.1, -0.05) is 30.7 Å². The topological polar surface area (TPSA) is 17.8 Å². The second-order valence-corrected chi connectivity index (χ2v) is 5.52. The zero-order valence-electron chi connectivity index (χ0n) is 10.1. The van der Waals surface area contributed by atoms with Crippen LogP contribution in [0.3, 0.4) is 0 Å². The molecule has 0 amide bonds. The molecular formula is C14H17ClN2. The van der Waals surface area contributed by atoms with Crippen LogP contribution >= 0.6 is 11.6 Å². The molecule has 0 spiro atoms. The average Bonchev–Trinajstić information content (AvgIpc) is 2.69. The number of fused-ring (bicyclic) bond motifs is 1. The van der Waals surface area contributed by atoms with Gasteiger partial charge in [0.25, 0.3) is 0 Å². The fourth-order valence-corrected chi connectivity index (χ4v) is 3.06. The summed E-state index contributed by atoms with van der Waals surface area (Å²) in [6.45, 7) is 2.34. The first kappa shape index (κ1) is 11.1. The van der Waals surface area contributed by atoms with Crippen LogP contribution in [0.4, 0.5) is 0 Å². The molecule has 1 aromatic carbocycles. The van der Waals surface area contributed by atoms with Crippen LogP contribution in [0.5, 0.6) is 0 Å². The van der Waals surface area contributed by atoms with E-state index in [1.807, 2.05) is 12.1 Å². The third kappa shape index (κ3) is 1.95. The Bertz CT molecular complexity index is 524. The van der Waals surface area contributed by atoms with Crippen molar-refractivity contribution >= 4 is 22.5 Å². The molecule has 2 aromatic rings. The summed E-state index contributed by atoms with van der Waals surface area (Å²) in [5, 5.41) is 6.24. The Morgan fingerprint density at radius 2 is 1.88 bits per heavy atom. The lowest BCUT2D eigenvalue weighted by Gasteiger charge is -2.26. The molecule has 1 fully saturated rings. The van der Waals surface area contributed by atoms with Crippen molar-refractivity contribution < 1.29 is 0 Å². The van der Waals surface area contributed by atoms with Gasteiger partial charge in [0.15, 0.2) is 5.15 Å². The minimum absolute atomic E-state index is 0.531. The van der Waals surface area contributed by atoms with E-state index in [1.54, 1.807) is 0 Å². The van der Waals surface area contributed by atoms with Gasteiger partial charge in [-0.15, -0.1) is 0 Å². The first-order valence-corrected chi connectivity index (χ1v) is 6.76. The summed E-state index contributed by atoms with van der Waals surface area (Å²) in [7, 11) is 0. The van der Waals surface area contributed by atoms with E-state index in [0.29, 0.717) is 11.2 Å². The van der Waals surface area contributed by atoms with Crippen molar-refractivity contribution in [2.75, 3.05) is 0 Å². The van der Waals surface area contributed by atoms with E-state index < -0.39 is 0 Å². The number of nitrogens with zero attached hydrogens (tertiary/aromatic N) is 2. The number of hydrogen-bond donors (Lipinski definition) is 0. The van der Waals surface area contributed by atoms with Gasteiger partial charge in [0.1, 0.15) is 0 Å². The van der Waals surface area contributed by atoms with Crippen LogP contribution in [0, 0.1) is 5.92 Å². The molecule has 0 unspecified atom stereocenters. The number of aromatic nitrogens is 2. The standard InChI is InChI=1S/C14H17ClN2/c1-10-6-8-11(9-7-10)17-13-5-3-2-4-12(13)14(15)16-17/h2-5,10-11H,6-9H2,1H3. The summed E-state index contributed by atoms with van der Waals surface area (Å²) in [5.74, 6) is 0.864. The van der Waals surface area contributed by atoms with Crippen molar-refractivity contribution in [3.63, 3.8) is 0 Å². The summed E-state index contributed by atoms with van der Waals surface area (Å²) in [4.78, 5) is 0. The molecule has 90 valence electrons. The summed E-state index contributed by atoms with van der Waals surface area (Å²) in [5.41, 5.74) is 1.18. The van der Waals surface area contributed by atoms with Gasteiger partial charge in [0, 0.05) is 5.39 Å². The molecular weight excluding hydrogens is 232 g/mol. The Balaban J connectivity index is 2.00. The van der Waals surface area contributed by atoms with E-state index in [9.17, 15) is 0 Å². The van der Waals surface area contributed by atoms with Crippen molar-refractivity contribution in [2.24, 2.45) is 5.92 Å². The number of halogens is 1. The molecule has 1 heterocycles. The van der Waals surface area contributed by atoms with Crippen molar-refractivity contribution in [3.05, 3.63) is 29.4 Å². The maximum Gasteiger partial charge on any atom is 0.158 e. The molecule has 0 radical (unpaired) electrons. The summed E-state index contributed by atoms with van der Waals surface area (Å²) >= 11 is 6.19. The van der Waals surface area contributed by atoms with Gasteiger partial charge in [-0.3, -0.25) is 4.68 Å². The molecule has 1 saturated carbocycles. The van der Waals surface area contributed by atoms with Gasteiger partial charge in [-0.25, -0.2) is 0 Å². The molecule has 2 nitrogen and oxygen atoms in total. The average molecular weight is 249 g/mol. The van der Waals surface area contributed by atoms with Crippen LogP contribution in [0.15, 0.2) is 24.3 Å². The summed E-state index contributed by atoms with van der Waals surface area (Å²) < 4.78 is 2.14. The van der Waals surface area contributed by atoms with Gasteiger partial charge < -0.3 is 0 Å². The van der Waals surface area contributed by atoms with E-state index in [-0.39, 0.29) is 0 Å². The van der Waals surface area contributed by atoms with E-state index in [0.717, 1.165) is 11.3 Å². The van der Waals surface area contributed by atoms with E-state index in [4.69, 9.17) is 11.6 Å². The Hall–Kier alpha value is -1.02. The Morgan fingerprint density at radius 1 is 1.18 bits per heavy atom. The molecule has 0 bridgehead atoms. The van der Waals surface area contributed by atoms with Gasteiger partial charge >= 0.3 is 0 Å². The lowest BCUT2D eigenvalue weighted by molar-refractivity contribution is 0.279. The van der Waals surface area contributed by atoms with Crippen LogP contribution in [-0.4, -0.2) is 9.78 Å². The third-order valence-corrected chi connectivity index (χ3v) is 4.18. The predicted octanol–water partition coefficient (Wildman–Crippen LogP) is 4.44. The normalized spacial score (nSPS) is 25.3. The van der Waals surface area contributed by atoms with Crippen LogP contribution in [0.2, 0.25) is 5.15 Å². The van der Waals surface area contributed by atoms with Gasteiger partial charge in [-0.2, -0.15) is 5.10 Å². The summed E-state index contributed by atoms with van der Waals surface area (Å²) in [6.07, 6.45) is 5.05. The highest BCUT2D eigenvalue weighted by Crippen LogP contribution is 2.34. The van der Waals surface area contributed by atoms with Gasteiger partial charge in [0.05, 0.1) is 11.6 Å². The molecule has 0 saturated heterocycles. The van der Waals surface area contributed by atoms with Gasteiger partial charge in [0.2, 0.25) is 0 Å². The van der Waals surface area contributed by atoms with Crippen molar-refractivity contribution in [1.82, 2.24) is 9.78 Å². The number of benzene rings is 1. The lowest BCUT2D eigenvalue weighted by Crippen LogP contribution is -2.17. The molecule has 1 aliphatic rings. The largest absolute Gasteiger partial charge is 0.260 e. The Labute approximate surface area is 107 Å². The first-order valence-electron chi connectivity index (χ1n) is 6.38. The summed E-state index contributed by atoms with van der Waals surface area (Å²) in [6, 6.07) is 8.77. The fourth-order valence-electron chi connectivity index (χ4n) is 2.82. The van der Waals surface area contributed by atoms with E-state index in [2.05, 4.69) is 28.8 Å². The minimum atomic E-state index is 0.531. The molecule has 0 aliphatic heterocycles. The minimum Gasteiger partial charge on any atom is -0.260 e. The van der Waals surface area contributed by atoms with Crippen LogP contribution in [0.1, 0.15) is 38.6 Å². The van der Waals surface area contributed by atoms with Gasteiger partial charge in [-0.05, 0) is 43.7 Å². The highest BCUT2D eigenvalue weighted by atomic mass is 35.5. The zero-order valence-corrected chi connectivity index (χ0v) is 10.8. The molecule has 17 heavy (non-hydrogen) atoms. The Kier molecular flexibility index (Phi) is 2.83. The molecule has 3 rings (SSSR count). The van der Waals surface area contributed by atoms with Crippen LogP contribution in [0.25, 0.3) is 10.9 Å². The molecule has 3 heteroatoms. The number of para-hydroxylation sites is 1.